The van der Waals surface area contributed by atoms with E-state index < -0.39 is 0 Å². The normalized spacial score (nSPS) is 27.0. The van der Waals surface area contributed by atoms with Gasteiger partial charge in [0.05, 0.1) is 9.52 Å². The van der Waals surface area contributed by atoms with E-state index >= 15 is 0 Å². The van der Waals surface area contributed by atoms with Crippen LogP contribution < -0.4 is 0 Å². The van der Waals surface area contributed by atoms with Gasteiger partial charge in [-0.3, -0.25) is 0 Å². The van der Waals surface area contributed by atoms with Gasteiger partial charge in [-0.2, -0.15) is 0 Å². The fourth-order valence-electron chi connectivity index (χ4n) is 1.44. The summed E-state index contributed by atoms with van der Waals surface area (Å²) < 4.78 is 5.66. The molecule has 1 fully saturated rings. The van der Waals surface area contributed by atoms with Crippen molar-refractivity contribution in [1.29, 1.82) is 0 Å². The average molecular weight is 173 g/mol. The summed E-state index contributed by atoms with van der Waals surface area (Å²) in [5.41, 5.74) is 0.686. The Morgan fingerprint density at radius 2 is 2.27 bits per heavy atom. The second kappa shape index (κ2) is 4.90. The minimum absolute atomic E-state index is 0.0218. The number of hydrogen-bond donors (Lipinski definition) is 0. The largest absolute Gasteiger partial charge is 0.382 e. The average Bonchev–Trinajstić information content (AvgIpc) is 2.03. The van der Waals surface area contributed by atoms with E-state index in [9.17, 15) is 0 Å². The summed E-state index contributed by atoms with van der Waals surface area (Å²) >= 11 is 0. The van der Waals surface area contributed by atoms with Crippen molar-refractivity contribution in [3.63, 3.8) is 0 Å². The van der Waals surface area contributed by atoms with Crippen molar-refractivity contribution in [2.75, 3.05) is 26.9 Å². The smallest absolute Gasteiger partial charge is 0.0716 e. The standard InChI is InChI=1S/C8H19NOSi/c1-9(2)7-11-8-5-3-4-6-10-8/h8H,3-7,11H2,1-2H3. The minimum atomic E-state index is 0.0218. The maximum Gasteiger partial charge on any atom is 0.0716 e. The quantitative estimate of drug-likeness (QED) is 0.565. The van der Waals surface area contributed by atoms with Gasteiger partial charge in [0, 0.05) is 12.3 Å². The fourth-order valence-corrected chi connectivity index (χ4v) is 3.15. The van der Waals surface area contributed by atoms with Gasteiger partial charge < -0.3 is 9.64 Å². The summed E-state index contributed by atoms with van der Waals surface area (Å²) in [6.07, 6.45) is 5.31. The molecule has 66 valence electrons. The van der Waals surface area contributed by atoms with Crippen molar-refractivity contribution in [3.8, 4) is 0 Å². The van der Waals surface area contributed by atoms with E-state index in [0.29, 0.717) is 5.73 Å². The molecule has 1 saturated heterocycles. The molecule has 0 radical (unpaired) electrons. The molecule has 1 heterocycles. The molecule has 1 atom stereocenters. The molecular formula is C8H19NOSi. The Balaban J connectivity index is 2.05. The third kappa shape index (κ3) is 3.89. The Bertz CT molecular complexity index is 102. The van der Waals surface area contributed by atoms with Crippen LogP contribution in [0.4, 0.5) is 0 Å². The lowest BCUT2D eigenvalue weighted by Gasteiger charge is -2.23. The van der Waals surface area contributed by atoms with Crippen LogP contribution in [0.5, 0.6) is 0 Å². The fraction of sp³-hybridized carbons (Fsp3) is 1.00. The van der Waals surface area contributed by atoms with Crippen molar-refractivity contribution in [2.45, 2.75) is 25.0 Å². The van der Waals surface area contributed by atoms with Gasteiger partial charge in [0.15, 0.2) is 0 Å². The van der Waals surface area contributed by atoms with E-state index in [2.05, 4.69) is 19.0 Å². The molecule has 0 bridgehead atoms. The second-order valence-electron chi connectivity index (χ2n) is 3.58. The van der Waals surface area contributed by atoms with Crippen LogP contribution >= 0.6 is 0 Å². The van der Waals surface area contributed by atoms with Gasteiger partial charge in [-0.15, -0.1) is 0 Å². The van der Waals surface area contributed by atoms with Gasteiger partial charge in [0.25, 0.3) is 0 Å². The predicted octanol–water partition coefficient (Wildman–Crippen LogP) is 0.201. The Hall–Kier alpha value is 0.137. The van der Waals surface area contributed by atoms with Crippen molar-refractivity contribution in [3.05, 3.63) is 0 Å². The first-order chi connectivity index (χ1) is 5.29. The third-order valence-electron chi connectivity index (χ3n) is 2.17. The van der Waals surface area contributed by atoms with E-state index in [-0.39, 0.29) is 9.52 Å². The maximum absolute atomic E-state index is 5.66. The highest BCUT2D eigenvalue weighted by atomic mass is 28.2. The van der Waals surface area contributed by atoms with Crippen LogP contribution in [-0.2, 0) is 4.74 Å². The number of hydrogen-bond acceptors (Lipinski definition) is 2. The Morgan fingerprint density at radius 1 is 1.45 bits per heavy atom. The topological polar surface area (TPSA) is 12.5 Å². The zero-order valence-corrected chi connectivity index (χ0v) is 9.09. The Kier molecular flexibility index (Phi) is 4.11. The molecule has 0 aromatic rings. The van der Waals surface area contributed by atoms with Crippen molar-refractivity contribution >= 4 is 9.52 Å². The molecule has 0 amide bonds. The number of nitrogens with zero attached hydrogens (tertiary/aromatic N) is 1. The maximum atomic E-state index is 5.66. The highest BCUT2D eigenvalue weighted by Gasteiger charge is 2.13. The molecule has 3 heteroatoms. The van der Waals surface area contributed by atoms with Crippen LogP contribution in [-0.4, -0.2) is 47.0 Å². The van der Waals surface area contributed by atoms with Crippen LogP contribution in [0.3, 0.4) is 0 Å². The SMILES string of the molecule is CN(C)C[SiH2]C1CCCCO1. The van der Waals surface area contributed by atoms with Crippen LogP contribution in [0.15, 0.2) is 0 Å². The molecule has 1 rings (SSSR count). The molecule has 0 saturated carbocycles. The molecule has 1 aliphatic rings. The molecule has 0 N–H and O–H groups in total. The van der Waals surface area contributed by atoms with Gasteiger partial charge in [0.2, 0.25) is 0 Å². The van der Waals surface area contributed by atoms with E-state index in [4.69, 9.17) is 4.74 Å². The summed E-state index contributed by atoms with van der Waals surface area (Å²) in [5.74, 6) is 0. The minimum Gasteiger partial charge on any atom is -0.382 e. The summed E-state index contributed by atoms with van der Waals surface area (Å²) in [6.45, 7) is 1.02. The van der Waals surface area contributed by atoms with Crippen LogP contribution in [0.1, 0.15) is 19.3 Å². The van der Waals surface area contributed by atoms with Gasteiger partial charge in [-0.05, 0) is 39.5 Å². The highest BCUT2D eigenvalue weighted by molar-refractivity contribution is 6.37. The number of rotatable bonds is 3. The molecule has 1 unspecified atom stereocenters. The Labute approximate surface area is 71.7 Å². The van der Waals surface area contributed by atoms with Gasteiger partial charge >= 0.3 is 0 Å². The first-order valence-corrected chi connectivity index (χ1v) is 6.37. The van der Waals surface area contributed by atoms with Crippen molar-refractivity contribution in [1.82, 2.24) is 4.90 Å². The van der Waals surface area contributed by atoms with Gasteiger partial charge in [-0.1, -0.05) is 0 Å². The molecule has 2 nitrogen and oxygen atoms in total. The van der Waals surface area contributed by atoms with Crippen LogP contribution in [0.25, 0.3) is 0 Å². The van der Waals surface area contributed by atoms with Crippen LogP contribution in [0, 0.1) is 0 Å². The van der Waals surface area contributed by atoms with Crippen molar-refractivity contribution < 1.29 is 4.74 Å². The molecule has 0 aromatic heterocycles. The lowest BCUT2D eigenvalue weighted by molar-refractivity contribution is 0.0643. The van der Waals surface area contributed by atoms with E-state index in [1.165, 1.54) is 25.4 Å². The molecular weight excluding hydrogens is 154 g/mol. The summed E-state index contributed by atoms with van der Waals surface area (Å²) in [7, 11) is 4.32. The van der Waals surface area contributed by atoms with Crippen molar-refractivity contribution in [2.24, 2.45) is 0 Å². The zero-order valence-electron chi connectivity index (χ0n) is 7.68. The van der Waals surface area contributed by atoms with E-state index in [1.54, 1.807) is 0 Å². The zero-order chi connectivity index (χ0) is 8.10. The highest BCUT2D eigenvalue weighted by Crippen LogP contribution is 2.11. The third-order valence-corrected chi connectivity index (χ3v) is 4.61. The first-order valence-electron chi connectivity index (χ1n) is 4.55. The molecule has 0 aromatic carbocycles. The van der Waals surface area contributed by atoms with Crippen LogP contribution in [0.2, 0.25) is 0 Å². The monoisotopic (exact) mass is 173 g/mol. The first kappa shape index (κ1) is 9.23. The molecule has 1 aliphatic heterocycles. The Morgan fingerprint density at radius 3 is 2.82 bits per heavy atom. The second-order valence-corrected chi connectivity index (χ2v) is 5.52. The van der Waals surface area contributed by atoms with Gasteiger partial charge in [-0.25, -0.2) is 0 Å². The van der Waals surface area contributed by atoms with Gasteiger partial charge in [0.1, 0.15) is 0 Å². The summed E-state index contributed by atoms with van der Waals surface area (Å²) in [4.78, 5) is 2.28. The lowest BCUT2D eigenvalue weighted by atomic mass is 10.2. The predicted molar refractivity (Wildman–Crippen MR) is 50.7 cm³/mol. The summed E-state index contributed by atoms with van der Waals surface area (Å²) in [5, 5.41) is 0. The lowest BCUT2D eigenvalue weighted by Crippen LogP contribution is -2.32. The molecule has 0 spiro atoms. The van der Waals surface area contributed by atoms with E-state index in [0.717, 1.165) is 6.61 Å². The number of ether oxygens (including phenoxy) is 1. The molecule has 11 heavy (non-hydrogen) atoms. The molecule has 0 aliphatic carbocycles. The summed E-state index contributed by atoms with van der Waals surface area (Å²) in [6, 6.07) is 0. The van der Waals surface area contributed by atoms with E-state index in [1.807, 2.05) is 0 Å².